The van der Waals surface area contributed by atoms with Crippen molar-refractivity contribution in [3.8, 4) is 0 Å². The molecule has 0 radical (unpaired) electrons. The van der Waals surface area contributed by atoms with Crippen LogP contribution in [0.25, 0.3) is 11.0 Å². The van der Waals surface area contributed by atoms with Gasteiger partial charge in [0.15, 0.2) is 0 Å². The fraction of sp³-hybridized carbons (Fsp3) is 0.692. The number of hydrogen-bond donors (Lipinski definition) is 1. The first-order valence-electron chi connectivity index (χ1n) is 13.1. The number of carbonyl (C=O) groups is 1. The maximum absolute atomic E-state index is 13.7. The van der Waals surface area contributed by atoms with Gasteiger partial charge in [0.25, 0.3) is 5.91 Å². The van der Waals surface area contributed by atoms with E-state index >= 15 is 0 Å². The van der Waals surface area contributed by atoms with Gasteiger partial charge in [0, 0.05) is 43.9 Å². The number of sulfonamides is 1. The van der Waals surface area contributed by atoms with Crippen molar-refractivity contribution in [1.82, 2.24) is 19.2 Å². The molecule has 2 heterocycles. The lowest BCUT2D eigenvalue weighted by Gasteiger charge is -2.31. The van der Waals surface area contributed by atoms with E-state index in [9.17, 15) is 22.0 Å². The number of benzene rings is 1. The zero-order chi connectivity index (χ0) is 26.6. The molecule has 2 saturated carbocycles. The van der Waals surface area contributed by atoms with Crippen LogP contribution in [0.15, 0.2) is 23.1 Å². The minimum atomic E-state index is -3.87. The van der Waals surface area contributed by atoms with Crippen LogP contribution in [-0.4, -0.2) is 65.9 Å². The Morgan fingerprint density at radius 2 is 1.89 bits per heavy atom. The quantitative estimate of drug-likeness (QED) is 0.604. The first kappa shape index (κ1) is 26.5. The van der Waals surface area contributed by atoms with Crippen LogP contribution in [0.2, 0.25) is 0 Å². The highest BCUT2D eigenvalue weighted by Crippen LogP contribution is 2.38. The van der Waals surface area contributed by atoms with Crippen molar-refractivity contribution in [3.05, 3.63) is 24.0 Å². The normalized spacial score (nSPS) is 23.9. The highest BCUT2D eigenvalue weighted by molar-refractivity contribution is 7.89. The molecule has 8 nitrogen and oxygen atoms in total. The summed E-state index contributed by atoms with van der Waals surface area (Å²) in [4.78, 5) is 17.4. The number of ether oxygens (including phenoxy) is 1. The number of imidazole rings is 1. The topological polar surface area (TPSA) is 93.5 Å². The van der Waals surface area contributed by atoms with Crippen molar-refractivity contribution >= 4 is 27.0 Å². The predicted molar refractivity (Wildman–Crippen MR) is 135 cm³/mol. The second kappa shape index (κ2) is 9.57. The van der Waals surface area contributed by atoms with Crippen LogP contribution in [0.4, 0.5) is 8.78 Å². The smallest absolute Gasteiger partial charge is 0.250 e. The van der Waals surface area contributed by atoms with E-state index in [1.807, 2.05) is 20.8 Å². The Kier molecular flexibility index (Phi) is 6.85. The molecule has 3 fully saturated rings. The molecule has 1 aromatic carbocycles. The summed E-state index contributed by atoms with van der Waals surface area (Å²) >= 11 is 0. The first-order valence-corrected chi connectivity index (χ1v) is 14.6. The van der Waals surface area contributed by atoms with Crippen molar-refractivity contribution in [3.63, 3.8) is 0 Å². The number of halogens is 2. The van der Waals surface area contributed by atoms with Crippen LogP contribution in [0, 0.1) is 5.92 Å². The standard InChI is InChI=1S/C26H36F2N4O4S/c1-25(2,3)24-30-20-14-19(6-7-21(20)32(24)15-17-8-10-26(27,28)11-9-17)37(34,35)31-12-13-36-22(16-31)23(33)29-18-4-5-18/h6-7,14,17-18,22H,4-5,8-13,15-16H2,1-3H3,(H,29,33)/t22-/m1/s1. The third-order valence-corrected chi connectivity index (χ3v) is 9.41. The lowest BCUT2D eigenvalue weighted by molar-refractivity contribution is -0.136. The average molecular weight is 539 g/mol. The molecule has 204 valence electrons. The van der Waals surface area contributed by atoms with E-state index in [2.05, 4.69) is 9.88 Å². The van der Waals surface area contributed by atoms with Gasteiger partial charge in [-0.15, -0.1) is 0 Å². The van der Waals surface area contributed by atoms with Gasteiger partial charge >= 0.3 is 0 Å². The third-order valence-electron chi connectivity index (χ3n) is 7.55. The van der Waals surface area contributed by atoms with Crippen LogP contribution in [0.5, 0.6) is 0 Å². The van der Waals surface area contributed by atoms with Crippen LogP contribution >= 0.6 is 0 Å². The summed E-state index contributed by atoms with van der Waals surface area (Å²) in [7, 11) is -3.87. The molecule has 37 heavy (non-hydrogen) atoms. The summed E-state index contributed by atoms with van der Waals surface area (Å²) in [6.45, 7) is 6.97. The molecule has 11 heteroatoms. The number of rotatable bonds is 6. The maximum atomic E-state index is 13.7. The molecule has 5 rings (SSSR count). The Bertz CT molecular complexity index is 1270. The number of alkyl halides is 2. The number of nitrogens with zero attached hydrogens (tertiary/aromatic N) is 3. The number of hydrogen-bond acceptors (Lipinski definition) is 5. The van der Waals surface area contributed by atoms with Gasteiger partial charge in [0.2, 0.25) is 15.9 Å². The molecule has 0 unspecified atom stereocenters. The van der Waals surface area contributed by atoms with E-state index in [-0.39, 0.29) is 60.7 Å². The zero-order valence-corrected chi connectivity index (χ0v) is 22.5. The molecule has 1 aromatic heterocycles. The molecule has 2 aliphatic carbocycles. The van der Waals surface area contributed by atoms with Crippen LogP contribution in [0.3, 0.4) is 0 Å². The maximum Gasteiger partial charge on any atom is 0.250 e. The Hall–Kier alpha value is -2.11. The monoisotopic (exact) mass is 538 g/mol. The molecular formula is C26H36F2N4O4S. The number of aromatic nitrogens is 2. The summed E-state index contributed by atoms with van der Waals surface area (Å²) in [5.74, 6) is -1.93. The minimum Gasteiger partial charge on any atom is -0.366 e. The minimum absolute atomic E-state index is 0.0348. The summed E-state index contributed by atoms with van der Waals surface area (Å²) < 4.78 is 63.4. The lowest BCUT2D eigenvalue weighted by Crippen LogP contribution is -2.51. The van der Waals surface area contributed by atoms with E-state index in [0.29, 0.717) is 24.9 Å². The summed E-state index contributed by atoms with van der Waals surface area (Å²) in [5.41, 5.74) is 1.04. The van der Waals surface area contributed by atoms with Gasteiger partial charge in [0.05, 0.1) is 22.5 Å². The fourth-order valence-electron chi connectivity index (χ4n) is 5.24. The van der Waals surface area contributed by atoms with E-state index in [0.717, 1.165) is 24.2 Å². The van der Waals surface area contributed by atoms with E-state index in [4.69, 9.17) is 9.72 Å². The largest absolute Gasteiger partial charge is 0.366 e. The van der Waals surface area contributed by atoms with Gasteiger partial charge in [-0.25, -0.2) is 22.2 Å². The highest BCUT2D eigenvalue weighted by atomic mass is 32.2. The summed E-state index contributed by atoms with van der Waals surface area (Å²) in [5, 5.41) is 2.88. The molecule has 3 aliphatic rings. The SMILES string of the molecule is CC(C)(C)c1nc2cc(S(=O)(=O)N3CCO[C@@H](C(=O)NC4CC4)C3)ccc2n1CC1CCC(F)(F)CC1. The van der Waals surface area contributed by atoms with Crippen molar-refractivity contribution in [1.29, 1.82) is 0 Å². The fourth-order valence-corrected chi connectivity index (χ4v) is 6.69. The molecule has 1 atom stereocenters. The molecule has 2 aromatic rings. The zero-order valence-electron chi connectivity index (χ0n) is 21.7. The second-order valence-corrected chi connectivity index (χ2v) is 13.7. The number of fused-ring (bicyclic) bond motifs is 1. The number of nitrogens with one attached hydrogen (secondary N) is 1. The van der Waals surface area contributed by atoms with Gasteiger partial charge in [-0.3, -0.25) is 4.79 Å². The van der Waals surface area contributed by atoms with Crippen molar-refractivity contribution in [2.75, 3.05) is 19.7 Å². The highest BCUT2D eigenvalue weighted by Gasteiger charge is 2.38. The molecule has 1 aliphatic heterocycles. The third kappa shape index (κ3) is 5.68. The molecule has 1 amide bonds. The van der Waals surface area contributed by atoms with E-state index in [1.165, 1.54) is 4.31 Å². The Morgan fingerprint density at radius 1 is 1.19 bits per heavy atom. The molecule has 1 N–H and O–H groups in total. The van der Waals surface area contributed by atoms with Crippen molar-refractivity contribution < 1.29 is 26.7 Å². The molecule has 1 saturated heterocycles. The van der Waals surface area contributed by atoms with Crippen molar-refractivity contribution in [2.24, 2.45) is 5.92 Å². The molecular weight excluding hydrogens is 502 g/mol. The van der Waals surface area contributed by atoms with Gasteiger partial charge in [-0.1, -0.05) is 20.8 Å². The number of morpholine rings is 1. The van der Waals surface area contributed by atoms with Gasteiger partial charge < -0.3 is 14.6 Å². The van der Waals surface area contributed by atoms with Crippen molar-refractivity contribution in [2.45, 2.75) is 94.2 Å². The van der Waals surface area contributed by atoms with Gasteiger partial charge in [-0.2, -0.15) is 4.31 Å². The molecule has 0 spiro atoms. The Labute approximate surface area is 216 Å². The van der Waals surface area contributed by atoms with Crippen LogP contribution in [0.1, 0.15) is 65.1 Å². The van der Waals surface area contributed by atoms with Gasteiger partial charge in [-0.05, 0) is 49.8 Å². The first-order chi connectivity index (χ1) is 17.3. The molecule has 0 bridgehead atoms. The van der Waals surface area contributed by atoms with E-state index < -0.39 is 22.0 Å². The van der Waals surface area contributed by atoms with Crippen LogP contribution < -0.4 is 5.32 Å². The summed E-state index contributed by atoms with van der Waals surface area (Å²) in [6, 6.07) is 5.09. The van der Waals surface area contributed by atoms with E-state index in [1.54, 1.807) is 18.2 Å². The average Bonchev–Trinajstić information content (AvgIpc) is 3.58. The Morgan fingerprint density at radius 3 is 2.54 bits per heavy atom. The lowest BCUT2D eigenvalue weighted by atomic mass is 9.86. The van der Waals surface area contributed by atoms with Crippen LogP contribution in [-0.2, 0) is 31.5 Å². The predicted octanol–water partition coefficient (Wildman–Crippen LogP) is 3.83. The number of amides is 1. The van der Waals surface area contributed by atoms with Gasteiger partial charge in [0.1, 0.15) is 11.9 Å². The summed E-state index contributed by atoms with van der Waals surface area (Å²) in [6.07, 6.45) is 1.76. The Balaban J connectivity index is 1.40. The second-order valence-electron chi connectivity index (χ2n) is 11.8. The number of carbonyl (C=O) groups excluding carboxylic acids is 1.